The van der Waals surface area contributed by atoms with Gasteiger partial charge in [-0.15, -0.1) is 0 Å². The minimum Gasteiger partial charge on any atom is -0.492 e. The molecule has 2 aromatic rings. The van der Waals surface area contributed by atoms with Gasteiger partial charge in [0, 0.05) is 13.3 Å². The van der Waals surface area contributed by atoms with Gasteiger partial charge in [0.2, 0.25) is 17.2 Å². The van der Waals surface area contributed by atoms with Gasteiger partial charge < -0.3 is 28.4 Å². The van der Waals surface area contributed by atoms with Gasteiger partial charge >= 0.3 is 0 Å². The zero-order valence-electron chi connectivity index (χ0n) is 15.3. The van der Waals surface area contributed by atoms with Crippen LogP contribution in [0.5, 0.6) is 28.7 Å². The third-order valence-electron chi connectivity index (χ3n) is 3.79. The van der Waals surface area contributed by atoms with E-state index in [1.165, 1.54) is 35.5 Å². The highest BCUT2D eigenvalue weighted by molar-refractivity contribution is 5.71. The molecular weight excluding hydrogens is 326 g/mol. The van der Waals surface area contributed by atoms with Crippen molar-refractivity contribution < 1.29 is 28.4 Å². The first kappa shape index (κ1) is 18.7. The number of ether oxygens (including phenoxy) is 6. The summed E-state index contributed by atoms with van der Waals surface area (Å²) >= 11 is 0. The molecule has 0 aliphatic carbocycles. The van der Waals surface area contributed by atoms with Crippen molar-refractivity contribution >= 4 is 0 Å². The first-order valence-electron chi connectivity index (χ1n) is 7.55. The van der Waals surface area contributed by atoms with Crippen molar-refractivity contribution in [3.8, 4) is 28.7 Å². The number of nitrogens with zero attached hydrogens (tertiary/aromatic N) is 1. The van der Waals surface area contributed by atoms with Crippen LogP contribution in [0.4, 0.5) is 0 Å². The number of methoxy groups -OCH3 is 6. The molecule has 1 heterocycles. The molecule has 0 N–H and O–H groups in total. The van der Waals surface area contributed by atoms with E-state index in [-0.39, 0.29) is 0 Å². The lowest BCUT2D eigenvalue weighted by molar-refractivity contribution is 0.125. The van der Waals surface area contributed by atoms with Crippen molar-refractivity contribution in [2.45, 2.75) is 6.10 Å². The molecule has 0 saturated heterocycles. The summed E-state index contributed by atoms with van der Waals surface area (Å²) in [5, 5.41) is 0. The van der Waals surface area contributed by atoms with Crippen LogP contribution in [0.15, 0.2) is 24.4 Å². The molecule has 2 rings (SSSR count). The molecule has 0 bridgehead atoms. The molecule has 1 aromatic heterocycles. The highest BCUT2D eigenvalue weighted by atomic mass is 16.6. The van der Waals surface area contributed by atoms with Gasteiger partial charge in [0.15, 0.2) is 11.5 Å². The van der Waals surface area contributed by atoms with E-state index >= 15 is 0 Å². The summed E-state index contributed by atoms with van der Waals surface area (Å²) < 4.78 is 33.4. The van der Waals surface area contributed by atoms with Crippen LogP contribution in [0, 0.1) is 0 Å². The van der Waals surface area contributed by atoms with E-state index in [4.69, 9.17) is 28.4 Å². The molecule has 0 saturated carbocycles. The molecule has 0 spiro atoms. The lowest BCUT2D eigenvalue weighted by Crippen LogP contribution is -2.12. The molecule has 25 heavy (non-hydrogen) atoms. The van der Waals surface area contributed by atoms with Crippen LogP contribution in [0.3, 0.4) is 0 Å². The quantitative estimate of drug-likeness (QED) is 0.726. The Balaban J connectivity index is 2.86. The Morgan fingerprint density at radius 3 is 1.52 bits per heavy atom. The first-order valence-corrected chi connectivity index (χ1v) is 7.55. The summed E-state index contributed by atoms with van der Waals surface area (Å²) in [4.78, 5) is 4.38. The van der Waals surface area contributed by atoms with E-state index in [0.29, 0.717) is 40.0 Å². The SMILES string of the molecule is COc1c(OC)c(OC)c(C(OC)c2ccccn2)c(OC)c1OC. The van der Waals surface area contributed by atoms with Gasteiger partial charge in [-0.1, -0.05) is 6.07 Å². The molecule has 1 aromatic carbocycles. The Hall–Kier alpha value is -2.67. The van der Waals surface area contributed by atoms with Crippen molar-refractivity contribution in [2.75, 3.05) is 42.7 Å². The molecule has 1 atom stereocenters. The van der Waals surface area contributed by atoms with Crippen LogP contribution in [-0.4, -0.2) is 47.6 Å². The third kappa shape index (κ3) is 3.28. The van der Waals surface area contributed by atoms with Gasteiger partial charge in [-0.05, 0) is 12.1 Å². The largest absolute Gasteiger partial charge is 0.492 e. The van der Waals surface area contributed by atoms with E-state index in [1.54, 1.807) is 13.3 Å². The van der Waals surface area contributed by atoms with E-state index in [1.807, 2.05) is 18.2 Å². The maximum atomic E-state index is 5.71. The minimum atomic E-state index is -0.556. The van der Waals surface area contributed by atoms with Gasteiger partial charge in [-0.2, -0.15) is 0 Å². The van der Waals surface area contributed by atoms with E-state index < -0.39 is 6.10 Å². The van der Waals surface area contributed by atoms with Crippen molar-refractivity contribution in [1.29, 1.82) is 0 Å². The Labute approximate surface area is 147 Å². The average Bonchev–Trinajstić information content (AvgIpc) is 2.67. The van der Waals surface area contributed by atoms with Crippen LogP contribution in [-0.2, 0) is 4.74 Å². The Morgan fingerprint density at radius 2 is 1.16 bits per heavy atom. The Kier molecular flexibility index (Phi) is 6.30. The molecule has 1 unspecified atom stereocenters. The van der Waals surface area contributed by atoms with Gasteiger partial charge in [0.1, 0.15) is 6.10 Å². The predicted molar refractivity (Wildman–Crippen MR) is 92.3 cm³/mol. The van der Waals surface area contributed by atoms with Crippen molar-refractivity contribution in [2.24, 2.45) is 0 Å². The maximum Gasteiger partial charge on any atom is 0.211 e. The van der Waals surface area contributed by atoms with Crippen molar-refractivity contribution in [3.05, 3.63) is 35.7 Å². The summed E-state index contributed by atoms with van der Waals surface area (Å²) in [6, 6.07) is 5.57. The summed E-state index contributed by atoms with van der Waals surface area (Å²) in [6.45, 7) is 0. The molecule has 0 amide bonds. The summed E-state index contributed by atoms with van der Waals surface area (Å²) in [5.74, 6) is 1.99. The van der Waals surface area contributed by atoms with Crippen molar-refractivity contribution in [3.63, 3.8) is 0 Å². The minimum absolute atomic E-state index is 0.373. The normalized spacial score (nSPS) is 11.6. The number of aromatic nitrogens is 1. The predicted octanol–water partition coefficient (Wildman–Crippen LogP) is 2.86. The number of hydrogen-bond acceptors (Lipinski definition) is 7. The summed E-state index contributed by atoms with van der Waals surface area (Å²) in [7, 11) is 9.24. The molecular formula is C18H23NO6. The molecule has 0 fully saturated rings. The van der Waals surface area contributed by atoms with Gasteiger partial charge in [0.05, 0.1) is 46.8 Å². The standard InChI is InChI=1S/C18H23NO6/c1-20-13(11-9-7-8-10-19-11)12-14(21-2)16(23-4)18(25-6)17(24-5)15(12)22-3/h7-10,13H,1-6H3. The molecule has 0 radical (unpaired) electrons. The van der Waals surface area contributed by atoms with Crippen LogP contribution < -0.4 is 23.7 Å². The fourth-order valence-electron chi connectivity index (χ4n) is 2.77. The molecule has 0 aliphatic rings. The van der Waals surface area contributed by atoms with E-state index in [2.05, 4.69) is 4.98 Å². The van der Waals surface area contributed by atoms with Crippen LogP contribution in [0.2, 0.25) is 0 Å². The van der Waals surface area contributed by atoms with E-state index in [9.17, 15) is 0 Å². The van der Waals surface area contributed by atoms with Crippen LogP contribution in [0.25, 0.3) is 0 Å². The molecule has 7 nitrogen and oxygen atoms in total. The highest BCUT2D eigenvalue weighted by Gasteiger charge is 2.33. The zero-order chi connectivity index (χ0) is 18.4. The third-order valence-corrected chi connectivity index (χ3v) is 3.79. The number of pyridine rings is 1. The Bertz CT molecular complexity index is 671. The average molecular weight is 349 g/mol. The molecule has 136 valence electrons. The lowest BCUT2D eigenvalue weighted by atomic mass is 10.0. The number of benzene rings is 1. The first-order chi connectivity index (χ1) is 12.2. The fourth-order valence-corrected chi connectivity index (χ4v) is 2.77. The second-order valence-electron chi connectivity index (χ2n) is 4.95. The zero-order valence-corrected chi connectivity index (χ0v) is 15.3. The number of hydrogen-bond donors (Lipinski definition) is 0. The summed E-state index contributed by atoms with van der Waals surface area (Å²) in [6.07, 6.45) is 1.14. The lowest BCUT2D eigenvalue weighted by Gasteiger charge is -2.25. The smallest absolute Gasteiger partial charge is 0.211 e. The topological polar surface area (TPSA) is 68.3 Å². The van der Waals surface area contributed by atoms with Crippen LogP contribution >= 0.6 is 0 Å². The second kappa shape index (κ2) is 8.43. The molecule has 7 heteroatoms. The summed E-state index contributed by atoms with van der Waals surface area (Å²) in [5.41, 5.74) is 1.29. The highest BCUT2D eigenvalue weighted by Crippen LogP contribution is 2.56. The maximum absolute atomic E-state index is 5.71. The number of rotatable bonds is 8. The monoisotopic (exact) mass is 349 g/mol. The van der Waals surface area contributed by atoms with Gasteiger partial charge in [-0.25, -0.2) is 0 Å². The Morgan fingerprint density at radius 1 is 0.680 bits per heavy atom. The van der Waals surface area contributed by atoms with Gasteiger partial charge in [-0.3, -0.25) is 4.98 Å². The second-order valence-corrected chi connectivity index (χ2v) is 4.95. The van der Waals surface area contributed by atoms with Crippen molar-refractivity contribution in [1.82, 2.24) is 4.98 Å². The molecule has 0 aliphatic heterocycles. The van der Waals surface area contributed by atoms with Crippen LogP contribution in [0.1, 0.15) is 17.4 Å². The van der Waals surface area contributed by atoms with Gasteiger partial charge in [0.25, 0.3) is 0 Å². The van der Waals surface area contributed by atoms with E-state index in [0.717, 1.165) is 0 Å². The fraction of sp³-hybridized carbons (Fsp3) is 0.389.